The number of nitrogens with zero attached hydrogens (tertiary/aromatic N) is 2. The summed E-state index contributed by atoms with van der Waals surface area (Å²) in [6, 6.07) is 28.2. The first kappa shape index (κ1) is 32.1. The van der Waals surface area contributed by atoms with E-state index in [1.54, 1.807) is 68.4 Å². The van der Waals surface area contributed by atoms with Crippen LogP contribution in [-0.4, -0.2) is 44.3 Å². The number of nitrogens with one attached hydrogen (secondary N) is 1. The fourth-order valence-corrected chi connectivity index (χ4v) is 6.75. The van der Waals surface area contributed by atoms with Crippen molar-refractivity contribution in [2.45, 2.75) is 37.8 Å². The van der Waals surface area contributed by atoms with Crippen LogP contribution in [0.4, 0.5) is 5.69 Å². The molecule has 7 nitrogen and oxygen atoms in total. The number of sulfonamides is 1. The Labute approximate surface area is 263 Å². The van der Waals surface area contributed by atoms with Crippen LogP contribution in [0.2, 0.25) is 10.0 Å². The van der Waals surface area contributed by atoms with Crippen molar-refractivity contribution in [3.05, 3.63) is 130 Å². The van der Waals surface area contributed by atoms with Crippen molar-refractivity contribution in [2.75, 3.05) is 17.4 Å². The molecule has 1 N–H and O–H groups in total. The van der Waals surface area contributed by atoms with E-state index in [4.69, 9.17) is 23.2 Å². The van der Waals surface area contributed by atoms with Crippen molar-refractivity contribution in [2.24, 2.45) is 0 Å². The van der Waals surface area contributed by atoms with Crippen LogP contribution in [0.1, 0.15) is 23.6 Å². The van der Waals surface area contributed by atoms with E-state index in [0.29, 0.717) is 33.4 Å². The minimum Gasteiger partial charge on any atom is -0.355 e. The maximum absolute atomic E-state index is 14.4. The third-order valence-electron chi connectivity index (χ3n) is 6.90. The van der Waals surface area contributed by atoms with Crippen LogP contribution in [0.15, 0.2) is 108 Å². The average Bonchev–Trinajstić information content (AvgIpc) is 2.99. The monoisotopic (exact) mass is 637 g/mol. The lowest BCUT2D eigenvalue weighted by Crippen LogP contribution is -2.53. The third-order valence-corrected chi connectivity index (χ3v) is 9.15. The van der Waals surface area contributed by atoms with Crippen molar-refractivity contribution in [1.29, 1.82) is 0 Å². The van der Waals surface area contributed by atoms with Crippen molar-refractivity contribution in [3.8, 4) is 0 Å². The number of hydrogen-bond donors (Lipinski definition) is 1. The van der Waals surface area contributed by atoms with E-state index >= 15 is 0 Å². The number of rotatable bonds is 12. The topological polar surface area (TPSA) is 86.8 Å². The molecule has 0 aliphatic heterocycles. The average molecular weight is 639 g/mol. The summed E-state index contributed by atoms with van der Waals surface area (Å²) in [5.41, 5.74) is 2.43. The Morgan fingerprint density at radius 2 is 1.44 bits per heavy atom. The molecule has 4 aromatic rings. The van der Waals surface area contributed by atoms with E-state index in [2.05, 4.69) is 5.32 Å². The standard InChI is InChI=1S/C33H33Cl2N3O4S/c1-3-36-33(40)31(21-25-11-6-4-7-12-25)37(22-26-13-10-14-27(34)20-26)32(39)23-38(30-18-17-28(35)19-24(30)2)43(41,42)29-15-8-5-9-16-29/h4-20,31H,3,21-23H2,1-2H3,(H,36,40). The second-order valence-electron chi connectivity index (χ2n) is 10.0. The van der Waals surface area contributed by atoms with Crippen molar-refractivity contribution >= 4 is 50.7 Å². The van der Waals surface area contributed by atoms with Crippen LogP contribution in [0.3, 0.4) is 0 Å². The minimum absolute atomic E-state index is 0.0307. The van der Waals surface area contributed by atoms with E-state index < -0.39 is 28.5 Å². The lowest BCUT2D eigenvalue weighted by molar-refractivity contribution is -0.140. The van der Waals surface area contributed by atoms with E-state index in [1.165, 1.54) is 17.0 Å². The minimum atomic E-state index is -4.19. The maximum Gasteiger partial charge on any atom is 0.264 e. The largest absolute Gasteiger partial charge is 0.355 e. The normalized spacial score (nSPS) is 11.9. The van der Waals surface area contributed by atoms with Crippen LogP contribution in [0, 0.1) is 6.92 Å². The number of hydrogen-bond acceptors (Lipinski definition) is 4. The molecule has 1 unspecified atom stereocenters. The summed E-state index contributed by atoms with van der Waals surface area (Å²) in [7, 11) is -4.19. The number of halogens is 2. The molecule has 2 amide bonds. The van der Waals surface area contributed by atoms with Gasteiger partial charge in [0.15, 0.2) is 0 Å². The second kappa shape index (κ2) is 14.6. The van der Waals surface area contributed by atoms with Gasteiger partial charge in [-0.15, -0.1) is 0 Å². The summed E-state index contributed by atoms with van der Waals surface area (Å²) in [6.45, 7) is 3.38. The molecule has 43 heavy (non-hydrogen) atoms. The Hall–Kier alpha value is -3.85. The molecule has 0 aliphatic rings. The van der Waals surface area contributed by atoms with Gasteiger partial charge in [-0.05, 0) is 73.0 Å². The van der Waals surface area contributed by atoms with Crippen LogP contribution in [0.5, 0.6) is 0 Å². The summed E-state index contributed by atoms with van der Waals surface area (Å²) >= 11 is 12.5. The van der Waals surface area contributed by atoms with Gasteiger partial charge in [-0.3, -0.25) is 13.9 Å². The molecule has 0 fully saturated rings. The summed E-state index contributed by atoms with van der Waals surface area (Å²) in [5, 5.41) is 3.77. The van der Waals surface area contributed by atoms with Crippen LogP contribution in [-0.2, 0) is 32.6 Å². The predicted molar refractivity (Wildman–Crippen MR) is 172 cm³/mol. The highest BCUT2D eigenvalue weighted by Crippen LogP contribution is 2.29. The molecular formula is C33H33Cl2N3O4S. The molecule has 0 aliphatic carbocycles. The summed E-state index contributed by atoms with van der Waals surface area (Å²) in [5.74, 6) is -0.900. The molecule has 0 radical (unpaired) electrons. The number of likely N-dealkylation sites (N-methyl/N-ethyl adjacent to an activating group) is 1. The Morgan fingerprint density at radius 3 is 2.07 bits per heavy atom. The van der Waals surface area contributed by atoms with E-state index in [9.17, 15) is 18.0 Å². The first-order valence-electron chi connectivity index (χ1n) is 13.8. The van der Waals surface area contributed by atoms with Gasteiger partial charge in [0.05, 0.1) is 10.6 Å². The van der Waals surface area contributed by atoms with Gasteiger partial charge >= 0.3 is 0 Å². The van der Waals surface area contributed by atoms with Gasteiger partial charge in [-0.25, -0.2) is 8.42 Å². The highest BCUT2D eigenvalue weighted by molar-refractivity contribution is 7.92. The summed E-state index contributed by atoms with van der Waals surface area (Å²) < 4.78 is 29.2. The van der Waals surface area contributed by atoms with Crippen LogP contribution >= 0.6 is 23.2 Å². The number of carbonyl (C=O) groups is 2. The van der Waals surface area contributed by atoms with Gasteiger partial charge in [-0.1, -0.05) is 83.9 Å². The van der Waals surface area contributed by atoms with Crippen molar-refractivity contribution < 1.29 is 18.0 Å². The second-order valence-corrected chi connectivity index (χ2v) is 12.7. The maximum atomic E-state index is 14.4. The first-order chi connectivity index (χ1) is 20.6. The van der Waals surface area contributed by atoms with Crippen molar-refractivity contribution in [1.82, 2.24) is 10.2 Å². The molecule has 0 saturated carbocycles. The molecule has 1 atom stereocenters. The zero-order valence-corrected chi connectivity index (χ0v) is 26.2. The van der Waals surface area contributed by atoms with Crippen LogP contribution < -0.4 is 9.62 Å². The zero-order valence-electron chi connectivity index (χ0n) is 23.9. The van der Waals surface area contributed by atoms with Gasteiger partial charge in [-0.2, -0.15) is 0 Å². The number of amides is 2. The zero-order chi connectivity index (χ0) is 31.0. The predicted octanol–water partition coefficient (Wildman–Crippen LogP) is 6.27. The molecule has 10 heteroatoms. The van der Waals surface area contributed by atoms with E-state index in [-0.39, 0.29) is 23.8 Å². The smallest absolute Gasteiger partial charge is 0.264 e. The Kier molecular flexibility index (Phi) is 10.9. The van der Waals surface area contributed by atoms with Gasteiger partial charge in [0.25, 0.3) is 10.0 Å². The van der Waals surface area contributed by atoms with Gasteiger partial charge in [0.2, 0.25) is 11.8 Å². The molecule has 224 valence electrons. The lowest BCUT2D eigenvalue weighted by Gasteiger charge is -2.34. The Balaban J connectivity index is 1.81. The van der Waals surface area contributed by atoms with Gasteiger partial charge < -0.3 is 10.2 Å². The Morgan fingerprint density at radius 1 is 0.814 bits per heavy atom. The van der Waals surface area contributed by atoms with Crippen LogP contribution in [0.25, 0.3) is 0 Å². The lowest BCUT2D eigenvalue weighted by atomic mass is 10.0. The quantitative estimate of drug-likeness (QED) is 0.198. The number of benzene rings is 4. The molecule has 0 aromatic heterocycles. The molecule has 4 aromatic carbocycles. The molecule has 0 bridgehead atoms. The van der Waals surface area contributed by atoms with E-state index in [1.807, 2.05) is 36.4 Å². The molecule has 0 heterocycles. The summed E-state index contributed by atoms with van der Waals surface area (Å²) in [6.07, 6.45) is 0.227. The Bertz CT molecular complexity index is 1670. The highest BCUT2D eigenvalue weighted by Gasteiger charge is 2.35. The molecule has 4 rings (SSSR count). The van der Waals surface area contributed by atoms with Gasteiger partial charge in [0.1, 0.15) is 12.6 Å². The fourth-order valence-electron chi connectivity index (χ4n) is 4.81. The first-order valence-corrected chi connectivity index (χ1v) is 16.0. The molecule has 0 spiro atoms. The van der Waals surface area contributed by atoms with Gasteiger partial charge in [0, 0.05) is 29.6 Å². The number of aryl methyl sites for hydroxylation is 1. The number of anilines is 1. The number of carbonyl (C=O) groups excluding carboxylic acids is 2. The van der Waals surface area contributed by atoms with Crippen molar-refractivity contribution in [3.63, 3.8) is 0 Å². The van der Waals surface area contributed by atoms with E-state index in [0.717, 1.165) is 9.87 Å². The third kappa shape index (κ3) is 8.16. The SMILES string of the molecule is CCNC(=O)C(Cc1ccccc1)N(Cc1cccc(Cl)c1)C(=O)CN(c1ccc(Cl)cc1C)S(=O)(=O)c1ccccc1. The molecular weight excluding hydrogens is 605 g/mol. The highest BCUT2D eigenvalue weighted by atomic mass is 35.5. The summed E-state index contributed by atoms with van der Waals surface area (Å²) in [4.78, 5) is 29.4. The molecule has 0 saturated heterocycles. The fraction of sp³-hybridized carbons (Fsp3) is 0.212.